The Hall–Kier alpha value is -1.77. The predicted molar refractivity (Wildman–Crippen MR) is 79.3 cm³/mol. The van der Waals surface area contributed by atoms with Gasteiger partial charge in [0.1, 0.15) is 6.54 Å². The molecule has 1 N–H and O–H groups in total. The summed E-state index contributed by atoms with van der Waals surface area (Å²) in [5.74, 6) is 0.605. The molecule has 1 heterocycles. The van der Waals surface area contributed by atoms with Crippen LogP contribution in [0.5, 0.6) is 0 Å². The zero-order chi connectivity index (χ0) is 13.8. The molecule has 1 aromatic carbocycles. The minimum atomic E-state index is 0.0762. The number of carbonyl (C=O) groups is 1. The lowest BCUT2D eigenvalue weighted by molar-refractivity contribution is -0.121. The summed E-state index contributed by atoms with van der Waals surface area (Å²) in [4.78, 5) is 11.8. The molecule has 0 aliphatic rings. The Morgan fingerprint density at radius 3 is 2.79 bits per heavy atom. The van der Waals surface area contributed by atoms with Gasteiger partial charge in [0.25, 0.3) is 0 Å². The summed E-state index contributed by atoms with van der Waals surface area (Å²) in [6.45, 7) is 7.57. The van der Waals surface area contributed by atoms with Gasteiger partial charge in [-0.2, -0.15) is 0 Å². The molecule has 19 heavy (non-hydrogen) atoms. The van der Waals surface area contributed by atoms with E-state index < -0.39 is 0 Å². The van der Waals surface area contributed by atoms with Crippen LogP contribution in [-0.4, -0.2) is 17.0 Å². The van der Waals surface area contributed by atoms with Crippen LogP contribution in [0, 0.1) is 0 Å². The fraction of sp³-hybridized carbons (Fsp3) is 0.438. The highest BCUT2D eigenvalue weighted by atomic mass is 16.1. The lowest BCUT2D eigenvalue weighted by Gasteiger charge is -2.08. The number of benzene rings is 1. The van der Waals surface area contributed by atoms with Crippen molar-refractivity contribution in [3.05, 3.63) is 36.0 Å². The van der Waals surface area contributed by atoms with Crippen molar-refractivity contribution in [3.63, 3.8) is 0 Å². The fourth-order valence-corrected chi connectivity index (χ4v) is 2.19. The molecule has 0 aliphatic carbocycles. The maximum atomic E-state index is 11.8. The summed E-state index contributed by atoms with van der Waals surface area (Å²) in [5, 5.41) is 4.11. The Kier molecular flexibility index (Phi) is 4.25. The van der Waals surface area contributed by atoms with Gasteiger partial charge in [0.05, 0.1) is 0 Å². The van der Waals surface area contributed by atoms with Gasteiger partial charge < -0.3 is 9.88 Å². The highest BCUT2D eigenvalue weighted by molar-refractivity contribution is 5.84. The molecule has 1 aromatic heterocycles. The first-order valence-electron chi connectivity index (χ1n) is 6.97. The molecule has 2 aromatic rings. The van der Waals surface area contributed by atoms with E-state index in [2.05, 4.69) is 50.4 Å². The van der Waals surface area contributed by atoms with E-state index in [9.17, 15) is 4.79 Å². The van der Waals surface area contributed by atoms with Crippen molar-refractivity contribution < 1.29 is 4.79 Å². The van der Waals surface area contributed by atoms with E-state index in [0.29, 0.717) is 12.5 Å². The Morgan fingerprint density at radius 2 is 2.11 bits per heavy atom. The van der Waals surface area contributed by atoms with Crippen LogP contribution in [0.2, 0.25) is 0 Å². The number of amides is 1. The van der Waals surface area contributed by atoms with Gasteiger partial charge in [-0.25, -0.2) is 0 Å². The van der Waals surface area contributed by atoms with Crippen LogP contribution >= 0.6 is 0 Å². The van der Waals surface area contributed by atoms with E-state index in [1.165, 1.54) is 10.9 Å². The van der Waals surface area contributed by atoms with Gasteiger partial charge in [0.2, 0.25) is 5.91 Å². The molecular formula is C16H22N2O. The van der Waals surface area contributed by atoms with Gasteiger partial charge in [-0.3, -0.25) is 4.79 Å². The van der Waals surface area contributed by atoms with E-state index in [1.54, 1.807) is 0 Å². The van der Waals surface area contributed by atoms with Crippen LogP contribution in [0.4, 0.5) is 0 Å². The molecule has 0 unspecified atom stereocenters. The highest BCUT2D eigenvalue weighted by Crippen LogP contribution is 2.22. The molecule has 0 bridgehead atoms. The normalized spacial score (nSPS) is 11.2. The number of nitrogens with zero attached hydrogens (tertiary/aromatic N) is 1. The molecule has 0 saturated heterocycles. The van der Waals surface area contributed by atoms with Crippen LogP contribution in [0.3, 0.4) is 0 Å². The summed E-state index contributed by atoms with van der Waals surface area (Å²) in [6, 6.07) is 8.54. The Labute approximate surface area is 114 Å². The third-order valence-electron chi connectivity index (χ3n) is 3.35. The number of fused-ring (bicyclic) bond motifs is 1. The molecule has 102 valence electrons. The lowest BCUT2D eigenvalue weighted by atomic mass is 10.0. The van der Waals surface area contributed by atoms with E-state index in [1.807, 2.05) is 10.8 Å². The molecule has 2 rings (SSSR count). The second kappa shape index (κ2) is 5.91. The van der Waals surface area contributed by atoms with Crippen molar-refractivity contribution in [3.8, 4) is 0 Å². The van der Waals surface area contributed by atoms with Gasteiger partial charge in [-0.05, 0) is 41.5 Å². The molecule has 0 radical (unpaired) electrons. The van der Waals surface area contributed by atoms with Crippen LogP contribution in [0.15, 0.2) is 30.5 Å². The van der Waals surface area contributed by atoms with Crippen molar-refractivity contribution in [2.75, 3.05) is 6.54 Å². The standard InChI is InChI=1S/C16H22N2O/c1-4-8-17-16(19)11-18-9-7-14-10-13(12(2)3)5-6-15(14)18/h5-7,9-10,12H,4,8,11H2,1-3H3,(H,17,19). The second-order valence-corrected chi connectivity index (χ2v) is 5.27. The zero-order valence-electron chi connectivity index (χ0n) is 11.9. The van der Waals surface area contributed by atoms with Crippen molar-refractivity contribution in [2.45, 2.75) is 39.7 Å². The molecule has 3 heteroatoms. The van der Waals surface area contributed by atoms with Crippen LogP contribution < -0.4 is 5.32 Å². The number of carbonyl (C=O) groups excluding carboxylic acids is 1. The highest BCUT2D eigenvalue weighted by Gasteiger charge is 2.07. The van der Waals surface area contributed by atoms with E-state index in [0.717, 1.165) is 18.5 Å². The van der Waals surface area contributed by atoms with Crippen LogP contribution in [0.1, 0.15) is 38.7 Å². The quantitative estimate of drug-likeness (QED) is 0.877. The maximum absolute atomic E-state index is 11.8. The molecule has 0 saturated carbocycles. The van der Waals surface area contributed by atoms with E-state index in [4.69, 9.17) is 0 Å². The summed E-state index contributed by atoms with van der Waals surface area (Å²) in [6.07, 6.45) is 2.95. The lowest BCUT2D eigenvalue weighted by Crippen LogP contribution is -2.27. The fourth-order valence-electron chi connectivity index (χ4n) is 2.19. The Bertz CT molecular complexity index is 569. The number of hydrogen-bond acceptors (Lipinski definition) is 1. The Morgan fingerprint density at radius 1 is 1.32 bits per heavy atom. The van der Waals surface area contributed by atoms with Gasteiger partial charge in [-0.15, -0.1) is 0 Å². The van der Waals surface area contributed by atoms with Crippen molar-refractivity contribution in [1.29, 1.82) is 0 Å². The molecule has 0 aliphatic heterocycles. The molecule has 0 spiro atoms. The smallest absolute Gasteiger partial charge is 0.239 e. The van der Waals surface area contributed by atoms with Crippen molar-refractivity contribution in [1.82, 2.24) is 9.88 Å². The first kappa shape index (κ1) is 13.7. The number of hydrogen-bond donors (Lipinski definition) is 1. The topological polar surface area (TPSA) is 34.0 Å². The molecular weight excluding hydrogens is 236 g/mol. The third-order valence-corrected chi connectivity index (χ3v) is 3.35. The molecule has 3 nitrogen and oxygen atoms in total. The van der Waals surface area contributed by atoms with Gasteiger partial charge in [-0.1, -0.05) is 26.8 Å². The maximum Gasteiger partial charge on any atom is 0.239 e. The average Bonchev–Trinajstić information content (AvgIpc) is 2.78. The monoisotopic (exact) mass is 258 g/mol. The van der Waals surface area contributed by atoms with Crippen molar-refractivity contribution in [2.24, 2.45) is 0 Å². The zero-order valence-corrected chi connectivity index (χ0v) is 11.9. The Balaban J connectivity index is 2.19. The van der Waals surface area contributed by atoms with Gasteiger partial charge in [0, 0.05) is 18.3 Å². The summed E-state index contributed by atoms with van der Waals surface area (Å²) >= 11 is 0. The first-order chi connectivity index (χ1) is 9.11. The molecule has 0 fully saturated rings. The summed E-state index contributed by atoms with van der Waals surface area (Å²) < 4.78 is 2.00. The van der Waals surface area contributed by atoms with Crippen LogP contribution in [-0.2, 0) is 11.3 Å². The number of aromatic nitrogens is 1. The summed E-state index contributed by atoms with van der Waals surface area (Å²) in [7, 11) is 0. The third kappa shape index (κ3) is 3.16. The molecule has 0 atom stereocenters. The van der Waals surface area contributed by atoms with Crippen LogP contribution in [0.25, 0.3) is 10.9 Å². The molecule has 1 amide bonds. The largest absolute Gasteiger partial charge is 0.355 e. The minimum absolute atomic E-state index is 0.0762. The predicted octanol–water partition coefficient (Wildman–Crippen LogP) is 3.29. The number of nitrogens with one attached hydrogen (secondary N) is 1. The minimum Gasteiger partial charge on any atom is -0.355 e. The van der Waals surface area contributed by atoms with Gasteiger partial charge in [0.15, 0.2) is 0 Å². The second-order valence-electron chi connectivity index (χ2n) is 5.27. The number of rotatable bonds is 5. The van der Waals surface area contributed by atoms with E-state index >= 15 is 0 Å². The SMILES string of the molecule is CCCNC(=O)Cn1ccc2cc(C(C)C)ccc21. The van der Waals surface area contributed by atoms with Crippen molar-refractivity contribution >= 4 is 16.8 Å². The van der Waals surface area contributed by atoms with E-state index in [-0.39, 0.29) is 5.91 Å². The first-order valence-corrected chi connectivity index (χ1v) is 6.97. The average molecular weight is 258 g/mol. The summed E-state index contributed by atoms with van der Waals surface area (Å²) in [5.41, 5.74) is 2.46. The van der Waals surface area contributed by atoms with Gasteiger partial charge >= 0.3 is 0 Å².